The first kappa shape index (κ1) is 26.7. The first-order chi connectivity index (χ1) is 17.1. The SMILES string of the molecule is NCCOCCOCCOCCOCCNc1cccc2cnn(C3CCC(=O)NC3=O)c(=O)c12. The molecule has 1 aromatic carbocycles. The van der Waals surface area contributed by atoms with E-state index in [1.54, 1.807) is 18.3 Å². The van der Waals surface area contributed by atoms with Gasteiger partial charge >= 0.3 is 0 Å². The number of anilines is 1. The van der Waals surface area contributed by atoms with Gasteiger partial charge in [0.1, 0.15) is 6.04 Å². The van der Waals surface area contributed by atoms with Crippen LogP contribution < -0.4 is 21.9 Å². The molecule has 2 heterocycles. The summed E-state index contributed by atoms with van der Waals surface area (Å²) >= 11 is 0. The molecule has 35 heavy (non-hydrogen) atoms. The van der Waals surface area contributed by atoms with Gasteiger partial charge in [-0.1, -0.05) is 12.1 Å². The zero-order valence-electron chi connectivity index (χ0n) is 19.7. The van der Waals surface area contributed by atoms with Crippen LogP contribution in [0.25, 0.3) is 10.8 Å². The van der Waals surface area contributed by atoms with Crippen molar-refractivity contribution < 1.29 is 28.5 Å². The quantitative estimate of drug-likeness (QED) is 0.212. The van der Waals surface area contributed by atoms with E-state index in [-0.39, 0.29) is 24.3 Å². The van der Waals surface area contributed by atoms with Crippen LogP contribution in [0.3, 0.4) is 0 Å². The summed E-state index contributed by atoms with van der Waals surface area (Å²) in [6.45, 7) is 4.80. The molecule has 3 rings (SSSR count). The highest BCUT2D eigenvalue weighted by atomic mass is 16.6. The van der Waals surface area contributed by atoms with Crippen LogP contribution in [0.4, 0.5) is 5.69 Å². The van der Waals surface area contributed by atoms with E-state index in [9.17, 15) is 14.4 Å². The predicted octanol–water partition coefficient (Wildman–Crippen LogP) is -0.189. The molecule has 1 aromatic heterocycles. The smallest absolute Gasteiger partial charge is 0.277 e. The number of nitrogens with two attached hydrogens (primary N) is 1. The van der Waals surface area contributed by atoms with E-state index < -0.39 is 11.9 Å². The number of hydrogen-bond donors (Lipinski definition) is 3. The largest absolute Gasteiger partial charge is 0.382 e. The molecule has 1 fully saturated rings. The highest BCUT2D eigenvalue weighted by Crippen LogP contribution is 2.21. The molecule has 1 saturated heterocycles. The summed E-state index contributed by atoms with van der Waals surface area (Å²) in [5.41, 5.74) is 5.57. The van der Waals surface area contributed by atoms with Gasteiger partial charge < -0.3 is 30.0 Å². The molecular formula is C23H33N5O7. The molecule has 0 aliphatic carbocycles. The minimum atomic E-state index is -0.809. The molecular weight excluding hydrogens is 458 g/mol. The van der Waals surface area contributed by atoms with E-state index in [4.69, 9.17) is 24.7 Å². The Balaban J connectivity index is 1.40. The number of ether oxygens (including phenoxy) is 4. The number of carbonyl (C=O) groups excluding carboxylic acids is 2. The summed E-state index contributed by atoms with van der Waals surface area (Å²) in [7, 11) is 0. The number of carbonyl (C=O) groups is 2. The van der Waals surface area contributed by atoms with Crippen LogP contribution in [-0.4, -0.2) is 87.5 Å². The van der Waals surface area contributed by atoms with Gasteiger partial charge in [0.15, 0.2) is 0 Å². The molecule has 4 N–H and O–H groups in total. The molecule has 2 aromatic rings. The van der Waals surface area contributed by atoms with E-state index in [1.807, 2.05) is 6.07 Å². The molecule has 0 saturated carbocycles. The van der Waals surface area contributed by atoms with E-state index in [1.165, 1.54) is 0 Å². The van der Waals surface area contributed by atoms with Crippen molar-refractivity contribution in [2.75, 3.05) is 71.3 Å². The fourth-order valence-electron chi connectivity index (χ4n) is 3.60. The Kier molecular flexibility index (Phi) is 11.1. The number of amides is 2. The minimum Gasteiger partial charge on any atom is -0.382 e. The monoisotopic (exact) mass is 491 g/mol. The van der Waals surface area contributed by atoms with Crippen molar-refractivity contribution in [1.29, 1.82) is 0 Å². The molecule has 0 spiro atoms. The lowest BCUT2D eigenvalue weighted by atomic mass is 10.1. The van der Waals surface area contributed by atoms with Crippen LogP contribution >= 0.6 is 0 Å². The molecule has 0 radical (unpaired) electrons. The van der Waals surface area contributed by atoms with Gasteiger partial charge in [-0.25, -0.2) is 4.68 Å². The number of nitrogens with one attached hydrogen (secondary N) is 2. The molecule has 192 valence electrons. The second-order valence-electron chi connectivity index (χ2n) is 7.80. The first-order valence-corrected chi connectivity index (χ1v) is 11.7. The minimum absolute atomic E-state index is 0.167. The number of rotatable bonds is 16. The fourth-order valence-corrected chi connectivity index (χ4v) is 3.60. The third kappa shape index (κ3) is 8.08. The highest BCUT2D eigenvalue weighted by molar-refractivity contribution is 5.99. The molecule has 12 heteroatoms. The summed E-state index contributed by atoms with van der Waals surface area (Å²) < 4.78 is 22.7. The lowest BCUT2D eigenvalue weighted by Gasteiger charge is -2.22. The van der Waals surface area contributed by atoms with Crippen molar-refractivity contribution >= 4 is 28.3 Å². The zero-order chi connectivity index (χ0) is 24.9. The standard InChI is InChI=1S/C23H33N5O7/c24-6-8-32-10-12-34-14-15-35-13-11-33-9-7-25-18-3-1-2-17-16-26-28(23(31)21(17)18)19-4-5-20(29)27-22(19)30/h1-3,16,19,25H,4-15,24H2,(H,27,29,30). The molecule has 1 unspecified atom stereocenters. The van der Waals surface area contributed by atoms with Gasteiger partial charge in [0.25, 0.3) is 11.5 Å². The molecule has 2 amide bonds. The Morgan fingerprint density at radius 1 is 0.971 bits per heavy atom. The number of hydrogen-bond acceptors (Lipinski definition) is 10. The Hall–Kier alpha value is -2.90. The number of benzene rings is 1. The maximum atomic E-state index is 13.1. The van der Waals surface area contributed by atoms with Crippen LogP contribution in [0.2, 0.25) is 0 Å². The third-order valence-corrected chi connectivity index (χ3v) is 5.29. The molecule has 1 aliphatic rings. The lowest BCUT2D eigenvalue weighted by Crippen LogP contribution is -2.45. The van der Waals surface area contributed by atoms with Crippen molar-refractivity contribution in [3.63, 3.8) is 0 Å². The summed E-state index contributed by atoms with van der Waals surface area (Å²) in [4.78, 5) is 36.8. The van der Waals surface area contributed by atoms with Gasteiger partial charge in [-0.05, 0) is 12.5 Å². The van der Waals surface area contributed by atoms with Gasteiger partial charge in [0.2, 0.25) is 5.91 Å². The normalized spacial score (nSPS) is 16.0. The molecule has 0 bridgehead atoms. The number of aromatic nitrogens is 2. The van der Waals surface area contributed by atoms with Crippen LogP contribution in [0.5, 0.6) is 0 Å². The fraction of sp³-hybridized carbons (Fsp3) is 0.565. The van der Waals surface area contributed by atoms with Crippen LogP contribution in [0, 0.1) is 0 Å². The third-order valence-electron chi connectivity index (χ3n) is 5.29. The maximum absolute atomic E-state index is 13.1. The van der Waals surface area contributed by atoms with Crippen molar-refractivity contribution in [2.45, 2.75) is 18.9 Å². The summed E-state index contributed by atoms with van der Waals surface area (Å²) in [6.07, 6.45) is 1.96. The van der Waals surface area contributed by atoms with Crippen molar-refractivity contribution in [3.05, 3.63) is 34.7 Å². The van der Waals surface area contributed by atoms with Crippen molar-refractivity contribution in [3.8, 4) is 0 Å². The van der Waals surface area contributed by atoms with Gasteiger partial charge in [-0.2, -0.15) is 5.10 Å². The zero-order valence-corrected chi connectivity index (χ0v) is 19.7. The Bertz CT molecular complexity index is 1030. The van der Waals surface area contributed by atoms with Gasteiger partial charge in [-0.3, -0.25) is 19.7 Å². The number of fused-ring (bicyclic) bond motifs is 1. The topological polar surface area (TPSA) is 156 Å². The lowest BCUT2D eigenvalue weighted by molar-refractivity contribution is -0.136. The average molecular weight is 492 g/mol. The summed E-state index contributed by atoms with van der Waals surface area (Å²) in [5.74, 6) is -0.857. The van der Waals surface area contributed by atoms with Crippen molar-refractivity contribution in [1.82, 2.24) is 15.1 Å². The maximum Gasteiger partial charge on any atom is 0.277 e. The van der Waals surface area contributed by atoms with E-state index in [0.717, 1.165) is 4.68 Å². The van der Waals surface area contributed by atoms with Crippen LogP contribution in [0.15, 0.2) is 29.2 Å². The van der Waals surface area contributed by atoms with Crippen molar-refractivity contribution in [2.24, 2.45) is 5.73 Å². The average Bonchev–Trinajstić information content (AvgIpc) is 2.85. The number of nitrogens with zero attached hydrogens (tertiary/aromatic N) is 2. The Morgan fingerprint density at radius 2 is 1.63 bits per heavy atom. The first-order valence-electron chi connectivity index (χ1n) is 11.7. The van der Waals surface area contributed by atoms with Gasteiger partial charge in [0.05, 0.1) is 64.4 Å². The second-order valence-corrected chi connectivity index (χ2v) is 7.80. The molecule has 1 aliphatic heterocycles. The van der Waals surface area contributed by atoms with Crippen LogP contribution in [-0.2, 0) is 28.5 Å². The summed E-state index contributed by atoms with van der Waals surface area (Å²) in [6, 6.07) is 4.59. The predicted molar refractivity (Wildman–Crippen MR) is 128 cm³/mol. The van der Waals surface area contributed by atoms with Gasteiger partial charge in [-0.15, -0.1) is 0 Å². The number of imide groups is 1. The number of piperidine rings is 1. The molecule has 12 nitrogen and oxygen atoms in total. The van der Waals surface area contributed by atoms with E-state index in [2.05, 4.69) is 15.7 Å². The second kappa shape index (κ2) is 14.5. The summed E-state index contributed by atoms with van der Waals surface area (Å²) in [5, 5.41) is 10.7. The highest BCUT2D eigenvalue weighted by Gasteiger charge is 2.30. The Morgan fingerprint density at radius 3 is 2.29 bits per heavy atom. The van der Waals surface area contributed by atoms with Crippen LogP contribution in [0.1, 0.15) is 18.9 Å². The van der Waals surface area contributed by atoms with E-state index in [0.29, 0.717) is 82.4 Å². The van der Waals surface area contributed by atoms with E-state index >= 15 is 0 Å². The van der Waals surface area contributed by atoms with Gasteiger partial charge in [0, 0.05) is 30.6 Å². The Labute approximate surface area is 203 Å². The molecule has 1 atom stereocenters.